The third-order valence-electron chi connectivity index (χ3n) is 3.52. The van der Waals surface area contributed by atoms with Gasteiger partial charge in [0.05, 0.1) is 10.5 Å². The molecule has 1 N–H and O–H groups in total. The number of carbonyl (C=O) groups is 2. The molecule has 1 aliphatic rings. The van der Waals surface area contributed by atoms with E-state index in [1.165, 1.54) is 24.3 Å². The van der Waals surface area contributed by atoms with Crippen LogP contribution in [-0.4, -0.2) is 51.4 Å². The molecule has 1 saturated heterocycles. The average Bonchev–Trinajstić information content (AvgIpc) is 3.07. The SMILES string of the molecule is CCNS(=O)(=O)c1ccc(C(=O)OCC(=O)N2CCCC2)cc1. The van der Waals surface area contributed by atoms with E-state index in [2.05, 4.69) is 4.72 Å². The number of rotatable bonds is 6. The highest BCUT2D eigenvalue weighted by molar-refractivity contribution is 7.89. The van der Waals surface area contributed by atoms with Crippen molar-refractivity contribution in [3.8, 4) is 0 Å². The molecule has 0 saturated carbocycles. The number of nitrogens with one attached hydrogen (secondary N) is 1. The molecule has 1 heterocycles. The van der Waals surface area contributed by atoms with Crippen molar-refractivity contribution >= 4 is 21.9 Å². The lowest BCUT2D eigenvalue weighted by atomic mass is 10.2. The highest BCUT2D eigenvalue weighted by Gasteiger charge is 2.20. The normalized spacial score (nSPS) is 14.7. The van der Waals surface area contributed by atoms with Crippen LogP contribution in [-0.2, 0) is 19.6 Å². The summed E-state index contributed by atoms with van der Waals surface area (Å²) in [5.41, 5.74) is 0.203. The molecule has 0 bridgehead atoms. The van der Waals surface area contributed by atoms with Gasteiger partial charge in [0.1, 0.15) is 0 Å². The van der Waals surface area contributed by atoms with Gasteiger partial charge in [-0.1, -0.05) is 6.92 Å². The first-order chi connectivity index (χ1) is 10.9. The van der Waals surface area contributed by atoms with E-state index < -0.39 is 16.0 Å². The summed E-state index contributed by atoms with van der Waals surface area (Å²) in [7, 11) is -3.55. The summed E-state index contributed by atoms with van der Waals surface area (Å²) >= 11 is 0. The summed E-state index contributed by atoms with van der Waals surface area (Å²) < 4.78 is 30.9. The molecule has 126 valence electrons. The maximum atomic E-state index is 11.9. The van der Waals surface area contributed by atoms with Gasteiger partial charge >= 0.3 is 5.97 Å². The molecule has 0 aromatic heterocycles. The third kappa shape index (κ3) is 4.52. The van der Waals surface area contributed by atoms with E-state index in [1.807, 2.05) is 0 Å². The highest BCUT2D eigenvalue weighted by atomic mass is 32.2. The second-order valence-corrected chi connectivity index (χ2v) is 6.96. The van der Waals surface area contributed by atoms with Crippen LogP contribution in [0.1, 0.15) is 30.1 Å². The lowest BCUT2D eigenvalue weighted by Gasteiger charge is -2.14. The molecule has 8 heteroatoms. The van der Waals surface area contributed by atoms with Crippen molar-refractivity contribution in [3.63, 3.8) is 0 Å². The quantitative estimate of drug-likeness (QED) is 0.772. The molecule has 1 aliphatic heterocycles. The van der Waals surface area contributed by atoms with Crippen molar-refractivity contribution in [2.45, 2.75) is 24.7 Å². The first-order valence-corrected chi connectivity index (χ1v) is 8.97. The molecule has 7 nitrogen and oxygen atoms in total. The van der Waals surface area contributed by atoms with E-state index in [9.17, 15) is 18.0 Å². The Labute approximate surface area is 135 Å². The number of likely N-dealkylation sites (tertiary alicyclic amines) is 1. The highest BCUT2D eigenvalue weighted by Crippen LogP contribution is 2.12. The minimum atomic E-state index is -3.55. The van der Waals surface area contributed by atoms with E-state index in [1.54, 1.807) is 11.8 Å². The molecule has 1 aromatic carbocycles. The van der Waals surface area contributed by atoms with Crippen LogP contribution in [0.15, 0.2) is 29.2 Å². The van der Waals surface area contributed by atoms with Gasteiger partial charge in [0.15, 0.2) is 6.61 Å². The van der Waals surface area contributed by atoms with Crippen molar-refractivity contribution in [2.75, 3.05) is 26.2 Å². The summed E-state index contributed by atoms with van der Waals surface area (Å²) in [6.45, 7) is 3.07. The van der Waals surface area contributed by atoms with E-state index >= 15 is 0 Å². The maximum absolute atomic E-state index is 11.9. The Bertz CT molecular complexity index is 664. The monoisotopic (exact) mass is 340 g/mol. The summed E-state index contributed by atoms with van der Waals surface area (Å²) in [5.74, 6) is -0.855. The van der Waals surface area contributed by atoms with Crippen molar-refractivity contribution in [1.29, 1.82) is 0 Å². The Kier molecular flexibility index (Phi) is 5.73. The number of amides is 1. The molecule has 1 fully saturated rings. The Balaban J connectivity index is 1.93. The Morgan fingerprint density at radius 2 is 1.78 bits per heavy atom. The molecule has 0 radical (unpaired) electrons. The predicted molar refractivity (Wildman–Crippen MR) is 83.4 cm³/mol. The molecule has 0 spiro atoms. The Morgan fingerprint density at radius 3 is 2.35 bits per heavy atom. The number of benzene rings is 1. The molecule has 2 rings (SSSR count). The molecule has 23 heavy (non-hydrogen) atoms. The molecular weight excluding hydrogens is 320 g/mol. The smallest absolute Gasteiger partial charge is 0.338 e. The zero-order valence-corrected chi connectivity index (χ0v) is 13.8. The Morgan fingerprint density at radius 1 is 1.17 bits per heavy atom. The number of esters is 1. The van der Waals surface area contributed by atoms with Gasteiger partial charge in [0.25, 0.3) is 5.91 Å². The minimum absolute atomic E-state index is 0.0732. The number of carbonyl (C=O) groups excluding carboxylic acids is 2. The topological polar surface area (TPSA) is 92.8 Å². The van der Waals surface area contributed by atoms with Gasteiger partial charge in [-0.15, -0.1) is 0 Å². The van der Waals surface area contributed by atoms with Crippen LogP contribution in [0.3, 0.4) is 0 Å². The fraction of sp³-hybridized carbons (Fsp3) is 0.467. The van der Waals surface area contributed by atoms with E-state index in [0.29, 0.717) is 13.1 Å². The number of nitrogens with zero attached hydrogens (tertiary/aromatic N) is 1. The molecular formula is C15H20N2O5S. The van der Waals surface area contributed by atoms with Crippen LogP contribution in [0.4, 0.5) is 0 Å². The van der Waals surface area contributed by atoms with Crippen LogP contribution in [0.25, 0.3) is 0 Å². The molecule has 0 unspecified atom stereocenters. The van der Waals surface area contributed by atoms with Crippen molar-refractivity contribution < 1.29 is 22.7 Å². The van der Waals surface area contributed by atoms with E-state index in [4.69, 9.17) is 4.74 Å². The molecule has 0 atom stereocenters. The summed E-state index contributed by atoms with van der Waals surface area (Å²) in [6, 6.07) is 5.40. The van der Waals surface area contributed by atoms with Crippen LogP contribution >= 0.6 is 0 Å². The van der Waals surface area contributed by atoms with E-state index in [-0.39, 0.29) is 29.5 Å². The van der Waals surface area contributed by atoms with Crippen LogP contribution in [0.2, 0.25) is 0 Å². The lowest BCUT2D eigenvalue weighted by molar-refractivity contribution is -0.133. The summed E-state index contributed by atoms with van der Waals surface area (Å²) in [4.78, 5) is 25.4. The van der Waals surface area contributed by atoms with E-state index in [0.717, 1.165) is 12.8 Å². The number of sulfonamides is 1. The second kappa shape index (κ2) is 7.56. The molecule has 0 aliphatic carbocycles. The van der Waals surface area contributed by atoms with Crippen molar-refractivity contribution in [1.82, 2.24) is 9.62 Å². The van der Waals surface area contributed by atoms with Gasteiger partial charge in [-0.2, -0.15) is 0 Å². The largest absolute Gasteiger partial charge is 0.452 e. The first kappa shape index (κ1) is 17.4. The number of hydrogen-bond acceptors (Lipinski definition) is 5. The standard InChI is InChI=1S/C15H20N2O5S/c1-2-16-23(20,21)13-7-5-12(6-8-13)15(19)22-11-14(18)17-9-3-4-10-17/h5-8,16H,2-4,9-11H2,1H3. The maximum Gasteiger partial charge on any atom is 0.338 e. The second-order valence-electron chi connectivity index (χ2n) is 5.19. The molecule has 1 amide bonds. The minimum Gasteiger partial charge on any atom is -0.452 e. The van der Waals surface area contributed by atoms with Crippen molar-refractivity contribution in [3.05, 3.63) is 29.8 Å². The Hall–Kier alpha value is -1.93. The zero-order chi connectivity index (χ0) is 16.9. The summed E-state index contributed by atoms with van der Waals surface area (Å²) in [5, 5.41) is 0. The van der Waals surface area contributed by atoms with Gasteiger partial charge in [-0.05, 0) is 37.1 Å². The third-order valence-corrected chi connectivity index (χ3v) is 5.08. The van der Waals surface area contributed by atoms with Gasteiger partial charge in [0.2, 0.25) is 10.0 Å². The van der Waals surface area contributed by atoms with Gasteiger partial charge in [-0.3, -0.25) is 4.79 Å². The fourth-order valence-electron chi connectivity index (χ4n) is 2.31. The van der Waals surface area contributed by atoms with Crippen LogP contribution < -0.4 is 4.72 Å². The zero-order valence-electron chi connectivity index (χ0n) is 12.9. The summed E-state index contributed by atoms with van der Waals surface area (Å²) in [6.07, 6.45) is 1.95. The lowest BCUT2D eigenvalue weighted by Crippen LogP contribution is -2.32. The average molecular weight is 340 g/mol. The predicted octanol–water partition coefficient (Wildman–Crippen LogP) is 0.764. The van der Waals surface area contributed by atoms with Gasteiger partial charge in [-0.25, -0.2) is 17.9 Å². The van der Waals surface area contributed by atoms with Crippen molar-refractivity contribution in [2.24, 2.45) is 0 Å². The van der Waals surface area contributed by atoms with Gasteiger partial charge < -0.3 is 9.64 Å². The number of hydrogen-bond donors (Lipinski definition) is 1. The number of ether oxygens (including phenoxy) is 1. The molecule has 1 aromatic rings. The first-order valence-electron chi connectivity index (χ1n) is 7.48. The van der Waals surface area contributed by atoms with Crippen LogP contribution in [0, 0.1) is 0 Å². The fourth-order valence-corrected chi connectivity index (χ4v) is 3.35. The van der Waals surface area contributed by atoms with Crippen LogP contribution in [0.5, 0.6) is 0 Å². The van der Waals surface area contributed by atoms with Gasteiger partial charge in [0, 0.05) is 19.6 Å².